The van der Waals surface area contributed by atoms with E-state index < -0.39 is 12.1 Å². The summed E-state index contributed by atoms with van der Waals surface area (Å²) >= 11 is 23.4. The van der Waals surface area contributed by atoms with E-state index in [0.29, 0.717) is 78.0 Å². The molecule has 0 atom stereocenters. The molecule has 8 aromatic rings. The highest BCUT2D eigenvalue weighted by Crippen LogP contribution is 2.30. The second-order valence-electron chi connectivity index (χ2n) is 17.8. The predicted molar refractivity (Wildman–Crippen MR) is 310 cm³/mol. The molecule has 10 rings (SSSR count). The normalized spacial score (nSPS) is 12.6. The number of aryl methyl sites for hydroxylation is 1. The second-order valence-corrected chi connectivity index (χ2v) is 19.5. The molecule has 1 fully saturated rings. The van der Waals surface area contributed by atoms with E-state index in [1.165, 1.54) is 29.7 Å². The molecule has 7 aromatic carbocycles. The molecule has 0 bridgehead atoms. The fourth-order valence-electron chi connectivity index (χ4n) is 8.41. The predicted octanol–water partition coefficient (Wildman–Crippen LogP) is 16.2. The Bertz CT molecular complexity index is 3350. The highest BCUT2D eigenvalue weighted by Gasteiger charge is 2.20. The minimum Gasteiger partial charge on any atom is -0.369 e. The first kappa shape index (κ1) is 55.3. The molecule has 0 spiro atoms. The van der Waals surface area contributed by atoms with Crippen LogP contribution in [-0.2, 0) is 13.0 Å². The number of nitrogens with zero attached hydrogens (tertiary/aromatic N) is 4. The number of fused-ring (bicyclic) bond motifs is 1. The number of piperidine rings is 1. The van der Waals surface area contributed by atoms with Crippen LogP contribution in [0.15, 0.2) is 164 Å². The van der Waals surface area contributed by atoms with Crippen LogP contribution in [0.4, 0.5) is 68.7 Å². The number of amides is 6. The molecule has 0 radical (unpaired) electrons. The Morgan fingerprint density at radius 1 is 0.481 bits per heavy atom. The van der Waals surface area contributed by atoms with Gasteiger partial charge < -0.3 is 41.7 Å². The molecule has 1 saturated heterocycles. The summed E-state index contributed by atoms with van der Waals surface area (Å²) in [6.45, 7) is 5.00. The SMILES string of the molecule is Cc1nccc(-c2cccc(NC(=O)Nc3ccc(Cl)cc3)c2)n1.O=C(Nc1ccc(Cl)cc1)Nc1ccc(N2CCc3ccccc3C2)c(F)c1.O=C(Nc1ccc(N2CCCCC2)c(F)c1)Nc1ccc(Cl)c(Cl)c1. The van der Waals surface area contributed by atoms with E-state index >= 15 is 0 Å². The Morgan fingerprint density at radius 3 is 1.52 bits per heavy atom. The van der Waals surface area contributed by atoms with Crippen LogP contribution in [0.2, 0.25) is 20.1 Å². The van der Waals surface area contributed by atoms with Crippen molar-refractivity contribution >= 4 is 110 Å². The quantitative estimate of drug-likeness (QED) is 0.0841. The summed E-state index contributed by atoms with van der Waals surface area (Å²) in [4.78, 5) is 48.8. The molecule has 394 valence electrons. The van der Waals surface area contributed by atoms with Crippen LogP contribution in [0.1, 0.15) is 36.2 Å². The lowest BCUT2D eigenvalue weighted by molar-refractivity contribution is 0.261. The number of nitrogens with one attached hydrogen (secondary N) is 6. The topological polar surface area (TPSA) is 156 Å². The monoisotopic (exact) mass is 1110 g/mol. The molecule has 1 aromatic heterocycles. The van der Waals surface area contributed by atoms with Gasteiger partial charge in [0.25, 0.3) is 0 Å². The van der Waals surface area contributed by atoms with E-state index in [9.17, 15) is 23.2 Å². The van der Waals surface area contributed by atoms with Crippen molar-refractivity contribution in [3.8, 4) is 11.3 Å². The van der Waals surface area contributed by atoms with Gasteiger partial charge >= 0.3 is 18.1 Å². The van der Waals surface area contributed by atoms with Crippen molar-refractivity contribution in [3.05, 3.63) is 213 Å². The van der Waals surface area contributed by atoms with Gasteiger partial charge in [-0.15, -0.1) is 0 Å². The van der Waals surface area contributed by atoms with Crippen LogP contribution in [0.3, 0.4) is 0 Å². The summed E-state index contributed by atoms with van der Waals surface area (Å²) in [5.41, 5.74) is 8.59. The number of hydrogen-bond acceptors (Lipinski definition) is 7. The highest BCUT2D eigenvalue weighted by atomic mass is 35.5. The number of rotatable bonds is 9. The van der Waals surface area contributed by atoms with Crippen molar-refractivity contribution in [2.45, 2.75) is 39.2 Å². The fourth-order valence-corrected chi connectivity index (χ4v) is 8.96. The van der Waals surface area contributed by atoms with E-state index in [0.717, 1.165) is 50.2 Å². The largest absolute Gasteiger partial charge is 0.369 e. The lowest BCUT2D eigenvalue weighted by atomic mass is 9.99. The van der Waals surface area contributed by atoms with Crippen LogP contribution in [0.25, 0.3) is 11.3 Å². The molecule has 0 unspecified atom stereocenters. The summed E-state index contributed by atoms with van der Waals surface area (Å²) in [5.74, 6) is 0.00394. The highest BCUT2D eigenvalue weighted by molar-refractivity contribution is 6.42. The Kier molecular flexibility index (Phi) is 19.2. The molecule has 3 heterocycles. The van der Waals surface area contributed by atoms with Gasteiger partial charge in [-0.25, -0.2) is 33.1 Å². The third-order valence-electron chi connectivity index (χ3n) is 12.2. The average molecular weight is 1120 g/mol. The first-order chi connectivity index (χ1) is 37.2. The third kappa shape index (κ3) is 16.3. The number of benzene rings is 7. The molecule has 0 aliphatic carbocycles. The Labute approximate surface area is 464 Å². The maximum atomic E-state index is 14.7. The zero-order chi connectivity index (χ0) is 54.3. The molecule has 6 N–H and O–H groups in total. The Balaban J connectivity index is 0.000000153. The van der Waals surface area contributed by atoms with Crippen molar-refractivity contribution in [3.63, 3.8) is 0 Å². The van der Waals surface area contributed by atoms with E-state index in [1.807, 2.05) is 59.2 Å². The maximum absolute atomic E-state index is 14.7. The Morgan fingerprint density at radius 2 is 0.974 bits per heavy atom. The van der Waals surface area contributed by atoms with Gasteiger partial charge in [0.1, 0.15) is 17.5 Å². The van der Waals surface area contributed by atoms with Crippen molar-refractivity contribution < 1.29 is 23.2 Å². The van der Waals surface area contributed by atoms with Crippen LogP contribution >= 0.6 is 46.4 Å². The number of hydrogen-bond donors (Lipinski definition) is 6. The van der Waals surface area contributed by atoms with Gasteiger partial charge in [0.05, 0.1) is 27.1 Å². The average Bonchev–Trinajstić information content (AvgIpc) is 3.41. The molecular formula is C58H52Cl4F2N10O3. The number of urea groups is 3. The summed E-state index contributed by atoms with van der Waals surface area (Å²) in [5, 5.41) is 18.1. The molecule has 2 aliphatic rings. The maximum Gasteiger partial charge on any atom is 0.323 e. The Hall–Kier alpha value is -7.95. The minimum atomic E-state index is -0.483. The minimum absolute atomic E-state index is 0.326. The lowest BCUT2D eigenvalue weighted by Crippen LogP contribution is -2.31. The molecule has 19 heteroatoms. The number of anilines is 8. The second kappa shape index (κ2) is 26.7. The number of carbonyl (C=O) groups excluding carboxylic acids is 3. The smallest absolute Gasteiger partial charge is 0.323 e. The number of aromatic nitrogens is 2. The van der Waals surface area contributed by atoms with E-state index in [4.69, 9.17) is 46.4 Å². The third-order valence-corrected chi connectivity index (χ3v) is 13.4. The first-order valence-corrected chi connectivity index (χ1v) is 26.0. The van der Waals surface area contributed by atoms with Crippen LogP contribution in [0.5, 0.6) is 0 Å². The van der Waals surface area contributed by atoms with Gasteiger partial charge in [-0.1, -0.05) is 82.8 Å². The van der Waals surface area contributed by atoms with Gasteiger partial charge in [-0.05, 0) is 165 Å². The van der Waals surface area contributed by atoms with Crippen molar-refractivity contribution in [1.82, 2.24) is 9.97 Å². The van der Waals surface area contributed by atoms with Gasteiger partial charge in [0.15, 0.2) is 0 Å². The van der Waals surface area contributed by atoms with E-state index in [2.05, 4.69) is 54.0 Å². The molecule has 13 nitrogen and oxygen atoms in total. The summed E-state index contributed by atoms with van der Waals surface area (Å²) in [7, 11) is 0. The van der Waals surface area contributed by atoms with E-state index in [1.54, 1.807) is 97.2 Å². The van der Waals surface area contributed by atoms with Gasteiger partial charge in [-0.3, -0.25) is 0 Å². The lowest BCUT2D eigenvalue weighted by Gasteiger charge is -2.31. The zero-order valence-electron chi connectivity index (χ0n) is 41.5. The molecule has 77 heavy (non-hydrogen) atoms. The first-order valence-electron chi connectivity index (χ1n) is 24.5. The van der Waals surface area contributed by atoms with Crippen molar-refractivity contribution in [2.24, 2.45) is 0 Å². The molecule has 2 aliphatic heterocycles. The fraction of sp³-hybridized carbons (Fsp3) is 0.155. The zero-order valence-corrected chi connectivity index (χ0v) is 44.6. The number of carbonyl (C=O) groups is 3. The van der Waals surface area contributed by atoms with Gasteiger partial charge in [0, 0.05) is 82.1 Å². The van der Waals surface area contributed by atoms with Crippen molar-refractivity contribution in [1.29, 1.82) is 0 Å². The van der Waals surface area contributed by atoms with Gasteiger partial charge in [0.2, 0.25) is 0 Å². The summed E-state index contributed by atoms with van der Waals surface area (Å²) in [6.07, 6.45) is 5.94. The van der Waals surface area contributed by atoms with Crippen LogP contribution in [-0.4, -0.2) is 47.7 Å². The summed E-state index contributed by atoms with van der Waals surface area (Å²) < 4.78 is 29.1. The van der Waals surface area contributed by atoms with Crippen LogP contribution < -0.4 is 41.7 Å². The number of halogens is 6. The van der Waals surface area contributed by atoms with E-state index in [-0.39, 0.29) is 17.7 Å². The standard InChI is InChI=1S/C22H19ClFN3O.C18H18Cl2FN3O.C18H15ClN4O/c23-17-5-7-18(8-6-17)25-22(28)26-19-9-10-21(20(24)13-19)27-12-11-15-3-1-2-4-16(15)14-27;19-14-6-4-12(10-15(14)20)22-18(25)23-13-5-7-17(16(21)11-13)24-8-2-1-3-9-24;1-12-20-10-9-17(21-12)13-3-2-4-16(11-13)23-18(24)22-15-7-5-14(19)6-8-15/h1-10,13H,11-12,14H2,(H2,25,26,28);4-7,10-11H,1-3,8-9H2,(H2,22,23,25);2-11H,1H3,(H2,22,23,24). The summed E-state index contributed by atoms with van der Waals surface area (Å²) in [6, 6.07) is 44.2. The molecular weight excluding hydrogens is 1060 g/mol. The van der Waals surface area contributed by atoms with Gasteiger partial charge in [-0.2, -0.15) is 0 Å². The molecule has 0 saturated carbocycles. The molecule has 6 amide bonds. The van der Waals surface area contributed by atoms with Crippen molar-refractivity contribution in [2.75, 3.05) is 61.3 Å². The van der Waals surface area contributed by atoms with Crippen LogP contribution in [0, 0.1) is 18.6 Å².